The van der Waals surface area contributed by atoms with Gasteiger partial charge in [0.25, 0.3) is 5.91 Å². The van der Waals surface area contributed by atoms with Crippen molar-refractivity contribution >= 4 is 46.5 Å². The van der Waals surface area contributed by atoms with Gasteiger partial charge in [-0.25, -0.2) is 4.98 Å². The first-order valence-corrected chi connectivity index (χ1v) is 7.61. The highest BCUT2D eigenvalue weighted by Gasteiger charge is 2.34. The number of aromatic nitrogens is 1. The number of halogens is 3. The molecule has 7 heteroatoms. The Morgan fingerprint density at radius 2 is 1.82 bits per heavy atom. The quantitative estimate of drug-likeness (QED) is 0.643. The number of anilines is 1. The Labute approximate surface area is 143 Å². The molecule has 0 aliphatic heterocycles. The fourth-order valence-corrected chi connectivity index (χ4v) is 2.04. The minimum atomic E-state index is -1.74. The number of nitrogens with zero attached hydrogens (tertiary/aromatic N) is 1. The topological polar surface area (TPSA) is 54.0 Å². The summed E-state index contributed by atoms with van der Waals surface area (Å²) in [7, 11) is 0. The van der Waals surface area contributed by atoms with Gasteiger partial charge in [0.05, 0.1) is 0 Å². The molecule has 2 N–H and O–H groups in total. The zero-order valence-electron chi connectivity index (χ0n) is 11.7. The predicted octanol–water partition coefficient (Wildman–Crippen LogP) is 3.93. The van der Waals surface area contributed by atoms with Gasteiger partial charge in [-0.3, -0.25) is 4.79 Å². The van der Waals surface area contributed by atoms with Gasteiger partial charge in [-0.2, -0.15) is 0 Å². The number of hydrogen-bond acceptors (Lipinski definition) is 3. The van der Waals surface area contributed by atoms with Crippen LogP contribution in [0.2, 0.25) is 0 Å². The molecular weight excluding hydrogens is 345 g/mol. The van der Waals surface area contributed by atoms with Crippen molar-refractivity contribution in [3.05, 3.63) is 59.8 Å². The Kier molecular flexibility index (Phi) is 5.51. The summed E-state index contributed by atoms with van der Waals surface area (Å²) in [5.74, 6) is 0.141. The van der Waals surface area contributed by atoms with Crippen molar-refractivity contribution in [2.24, 2.45) is 0 Å². The maximum absolute atomic E-state index is 12.3. The van der Waals surface area contributed by atoms with Crippen molar-refractivity contribution in [3.63, 3.8) is 0 Å². The number of amides is 1. The summed E-state index contributed by atoms with van der Waals surface area (Å²) in [5, 5.41) is 5.55. The van der Waals surface area contributed by atoms with Crippen molar-refractivity contribution in [1.82, 2.24) is 10.3 Å². The number of rotatable bonds is 4. The first kappa shape index (κ1) is 16.9. The Morgan fingerprint density at radius 3 is 2.36 bits per heavy atom. The molecule has 0 unspecified atom stereocenters. The maximum Gasteiger partial charge on any atom is 0.252 e. The molecule has 0 radical (unpaired) electrons. The summed E-state index contributed by atoms with van der Waals surface area (Å²) in [4.78, 5) is 16.3. The molecule has 2 rings (SSSR count). The van der Waals surface area contributed by atoms with Gasteiger partial charge in [-0.1, -0.05) is 58.6 Å². The van der Waals surface area contributed by atoms with Gasteiger partial charge in [-0.15, -0.1) is 0 Å². The van der Waals surface area contributed by atoms with Gasteiger partial charge in [0.15, 0.2) is 0 Å². The van der Waals surface area contributed by atoms with E-state index < -0.39 is 9.96 Å². The molecule has 1 atom stereocenters. The van der Waals surface area contributed by atoms with Crippen molar-refractivity contribution < 1.29 is 4.79 Å². The number of nitrogens with one attached hydrogen (secondary N) is 2. The molecule has 116 valence electrons. The van der Waals surface area contributed by atoms with Gasteiger partial charge in [0.1, 0.15) is 12.0 Å². The Hall–Kier alpha value is -1.49. The highest BCUT2D eigenvalue weighted by molar-refractivity contribution is 6.68. The molecule has 1 heterocycles. The van der Waals surface area contributed by atoms with Crippen LogP contribution in [0.15, 0.2) is 48.7 Å². The number of carbonyl (C=O) groups excluding carboxylic acids is 1. The third-order valence-electron chi connectivity index (χ3n) is 2.87. The molecule has 22 heavy (non-hydrogen) atoms. The highest BCUT2D eigenvalue weighted by Crippen LogP contribution is 2.31. The molecule has 0 bridgehead atoms. The summed E-state index contributed by atoms with van der Waals surface area (Å²) < 4.78 is -1.74. The van der Waals surface area contributed by atoms with E-state index >= 15 is 0 Å². The maximum atomic E-state index is 12.3. The largest absolute Gasteiger partial charge is 0.347 e. The minimum Gasteiger partial charge on any atom is -0.347 e. The molecule has 0 fully saturated rings. The third kappa shape index (κ3) is 4.77. The number of hydrogen-bond donors (Lipinski definition) is 2. The Morgan fingerprint density at radius 1 is 1.14 bits per heavy atom. The Balaban J connectivity index is 2.13. The van der Waals surface area contributed by atoms with E-state index in [1.807, 2.05) is 19.1 Å². The van der Waals surface area contributed by atoms with E-state index in [9.17, 15) is 4.79 Å². The molecular formula is C15H14Cl3N3O. The van der Waals surface area contributed by atoms with Crippen molar-refractivity contribution in [2.45, 2.75) is 16.9 Å². The van der Waals surface area contributed by atoms with E-state index in [2.05, 4.69) is 15.6 Å². The van der Waals surface area contributed by atoms with Crippen LogP contribution >= 0.6 is 34.8 Å². The molecule has 0 aliphatic rings. The van der Waals surface area contributed by atoms with Crippen LogP contribution in [0.3, 0.4) is 0 Å². The van der Waals surface area contributed by atoms with Gasteiger partial charge in [0.2, 0.25) is 3.79 Å². The average Bonchev–Trinajstić information content (AvgIpc) is 2.47. The normalized spacial score (nSPS) is 12.5. The molecule has 0 aliphatic carbocycles. The van der Waals surface area contributed by atoms with E-state index in [1.54, 1.807) is 36.5 Å². The van der Waals surface area contributed by atoms with Crippen molar-refractivity contribution in [2.75, 3.05) is 5.32 Å². The van der Waals surface area contributed by atoms with E-state index in [4.69, 9.17) is 34.8 Å². The molecule has 0 spiro atoms. The van der Waals surface area contributed by atoms with Crippen LogP contribution in [-0.2, 0) is 0 Å². The number of benzene rings is 1. The SMILES string of the molecule is Cc1ccc(C(=O)N[C@H](Nc2ccccn2)C(Cl)(Cl)Cl)cc1. The van der Waals surface area contributed by atoms with Crippen molar-refractivity contribution in [1.29, 1.82) is 0 Å². The standard InChI is InChI=1S/C15H14Cl3N3O/c1-10-5-7-11(8-6-10)13(22)21-14(15(16,17)18)20-12-4-2-3-9-19-12/h2-9,14H,1H3,(H,19,20)(H,21,22)/t14-/m0/s1. The first-order valence-electron chi connectivity index (χ1n) is 6.48. The van der Waals surface area contributed by atoms with Crippen LogP contribution < -0.4 is 10.6 Å². The second-order valence-electron chi connectivity index (χ2n) is 4.67. The molecule has 1 amide bonds. The number of pyridine rings is 1. The lowest BCUT2D eigenvalue weighted by Crippen LogP contribution is -2.49. The number of carbonyl (C=O) groups is 1. The lowest BCUT2D eigenvalue weighted by atomic mass is 10.1. The van der Waals surface area contributed by atoms with Crippen LogP contribution in [0.25, 0.3) is 0 Å². The van der Waals surface area contributed by atoms with Crippen LogP contribution in [0, 0.1) is 6.92 Å². The van der Waals surface area contributed by atoms with Gasteiger partial charge < -0.3 is 10.6 Å². The highest BCUT2D eigenvalue weighted by atomic mass is 35.6. The van der Waals surface area contributed by atoms with Gasteiger partial charge in [0, 0.05) is 11.8 Å². The Bertz CT molecular complexity index is 627. The summed E-state index contributed by atoms with van der Waals surface area (Å²) in [6, 6.07) is 12.4. The second kappa shape index (κ2) is 7.18. The summed E-state index contributed by atoms with van der Waals surface area (Å²) in [6.45, 7) is 1.94. The lowest BCUT2D eigenvalue weighted by molar-refractivity contribution is 0.0942. The van der Waals surface area contributed by atoms with Gasteiger partial charge in [-0.05, 0) is 31.2 Å². The van der Waals surface area contributed by atoms with Crippen LogP contribution in [0.4, 0.5) is 5.82 Å². The molecule has 0 saturated carbocycles. The lowest BCUT2D eigenvalue weighted by Gasteiger charge is -2.26. The van der Waals surface area contributed by atoms with E-state index in [0.29, 0.717) is 11.4 Å². The van der Waals surface area contributed by atoms with E-state index in [0.717, 1.165) is 5.56 Å². The summed E-state index contributed by atoms with van der Waals surface area (Å²) in [5.41, 5.74) is 1.54. The smallest absolute Gasteiger partial charge is 0.252 e. The second-order valence-corrected chi connectivity index (χ2v) is 7.04. The summed E-state index contributed by atoms with van der Waals surface area (Å²) in [6.07, 6.45) is 0.667. The summed E-state index contributed by atoms with van der Waals surface area (Å²) >= 11 is 17.8. The van der Waals surface area contributed by atoms with Crippen LogP contribution in [-0.4, -0.2) is 20.8 Å². The molecule has 2 aromatic rings. The minimum absolute atomic E-state index is 0.347. The zero-order valence-corrected chi connectivity index (χ0v) is 14.0. The van der Waals surface area contributed by atoms with E-state index in [1.165, 1.54) is 0 Å². The monoisotopic (exact) mass is 357 g/mol. The average molecular weight is 359 g/mol. The fourth-order valence-electron chi connectivity index (χ4n) is 1.72. The van der Waals surface area contributed by atoms with Crippen LogP contribution in [0.1, 0.15) is 15.9 Å². The van der Waals surface area contributed by atoms with Crippen LogP contribution in [0.5, 0.6) is 0 Å². The molecule has 1 aromatic heterocycles. The number of aryl methyl sites for hydroxylation is 1. The third-order valence-corrected chi connectivity index (χ3v) is 3.53. The first-order chi connectivity index (χ1) is 10.4. The van der Waals surface area contributed by atoms with Gasteiger partial charge >= 0.3 is 0 Å². The molecule has 4 nitrogen and oxygen atoms in total. The molecule has 1 aromatic carbocycles. The zero-order chi connectivity index (χ0) is 16.2. The van der Waals surface area contributed by atoms with Crippen molar-refractivity contribution in [3.8, 4) is 0 Å². The predicted molar refractivity (Wildman–Crippen MR) is 90.6 cm³/mol. The molecule has 0 saturated heterocycles. The van der Waals surface area contributed by atoms with E-state index in [-0.39, 0.29) is 5.91 Å². The fraction of sp³-hybridized carbons (Fsp3) is 0.200. The number of alkyl halides is 3.